The van der Waals surface area contributed by atoms with Gasteiger partial charge in [-0.3, -0.25) is 9.59 Å². The van der Waals surface area contributed by atoms with Gasteiger partial charge in [0.15, 0.2) is 5.65 Å². The number of hydrogen-bond acceptors (Lipinski definition) is 5. The molecule has 0 saturated heterocycles. The van der Waals surface area contributed by atoms with Crippen molar-refractivity contribution in [2.45, 2.75) is 0 Å². The number of nitrogens with zero attached hydrogens (tertiary/aromatic N) is 2. The van der Waals surface area contributed by atoms with Crippen molar-refractivity contribution in [3.8, 4) is 5.75 Å². The maximum Gasteiger partial charge on any atom is 0.288 e. The highest BCUT2D eigenvalue weighted by molar-refractivity contribution is 5.80. The second-order valence-electron chi connectivity index (χ2n) is 2.61. The van der Waals surface area contributed by atoms with Crippen molar-refractivity contribution >= 4 is 11.0 Å². The Bertz CT molecular complexity index is 612. The Morgan fingerprint density at radius 1 is 1.43 bits per heavy atom. The first-order chi connectivity index (χ1) is 6.61. The molecule has 2 heterocycles. The highest BCUT2D eigenvalue weighted by Crippen LogP contribution is 2.14. The summed E-state index contributed by atoms with van der Waals surface area (Å²) in [6.07, 6.45) is 1.02. The van der Waals surface area contributed by atoms with E-state index in [1.807, 2.05) is 0 Å². The molecule has 0 radical (unpaired) electrons. The maximum atomic E-state index is 11.2. The number of rotatable bonds is 0. The predicted octanol–water partition coefficient (Wildman–Crippen LogP) is -0.972. The van der Waals surface area contributed by atoms with E-state index in [1.54, 1.807) is 0 Å². The van der Waals surface area contributed by atoms with Gasteiger partial charge in [-0.05, 0) is 0 Å². The van der Waals surface area contributed by atoms with Gasteiger partial charge in [-0.25, -0.2) is 4.98 Å². The van der Waals surface area contributed by atoms with Gasteiger partial charge in [-0.1, -0.05) is 0 Å². The topological polar surface area (TPSA) is 108 Å². The molecule has 2 aromatic rings. The van der Waals surface area contributed by atoms with Crippen molar-refractivity contribution in [1.29, 1.82) is 0 Å². The number of pyridine rings is 1. The van der Waals surface area contributed by atoms with E-state index >= 15 is 0 Å². The molecule has 72 valence electrons. The summed E-state index contributed by atoms with van der Waals surface area (Å²) in [6.45, 7) is 0. The molecule has 2 aromatic heterocycles. The Labute approximate surface area is 75.8 Å². The molecule has 0 amide bonds. The van der Waals surface area contributed by atoms with E-state index in [9.17, 15) is 19.9 Å². The molecule has 3 N–H and O–H groups in total. The zero-order valence-corrected chi connectivity index (χ0v) is 6.76. The van der Waals surface area contributed by atoms with Crippen LogP contribution in [0.2, 0.25) is 0 Å². The third-order valence-electron chi connectivity index (χ3n) is 1.76. The monoisotopic (exact) mass is 195 g/mol. The molecule has 0 aliphatic rings. The Morgan fingerprint density at radius 3 is 2.86 bits per heavy atom. The van der Waals surface area contributed by atoms with Crippen LogP contribution >= 0.6 is 0 Å². The molecule has 0 aliphatic heterocycles. The number of nitrogens with one attached hydrogen (secondary N) is 1. The first-order valence-corrected chi connectivity index (χ1v) is 3.63. The zero-order chi connectivity index (χ0) is 10.3. The van der Waals surface area contributed by atoms with Gasteiger partial charge in [0, 0.05) is 6.07 Å². The molecular weight excluding hydrogens is 190 g/mol. The molecule has 2 rings (SSSR count). The Kier molecular flexibility index (Phi) is 1.53. The lowest BCUT2D eigenvalue weighted by atomic mass is 10.3. The van der Waals surface area contributed by atoms with Crippen LogP contribution in [-0.2, 0) is 0 Å². The third-order valence-corrected chi connectivity index (χ3v) is 1.76. The molecule has 0 spiro atoms. The van der Waals surface area contributed by atoms with Crippen molar-refractivity contribution in [1.82, 2.24) is 14.7 Å². The largest absolute Gasteiger partial charge is 0.507 e. The van der Waals surface area contributed by atoms with Crippen molar-refractivity contribution in [3.63, 3.8) is 0 Å². The number of H-pyrrole nitrogens is 1. The van der Waals surface area contributed by atoms with Crippen LogP contribution in [0.25, 0.3) is 11.0 Å². The summed E-state index contributed by atoms with van der Waals surface area (Å²) in [7, 11) is 0. The van der Waals surface area contributed by atoms with Crippen LogP contribution < -0.4 is 11.1 Å². The summed E-state index contributed by atoms with van der Waals surface area (Å²) in [5.74, 6) is -0.510. The number of aromatic hydroxyl groups is 1. The predicted molar refractivity (Wildman–Crippen MR) is 45.5 cm³/mol. The summed E-state index contributed by atoms with van der Waals surface area (Å²) in [5, 5.41) is 18.2. The minimum absolute atomic E-state index is 0.199. The van der Waals surface area contributed by atoms with Crippen molar-refractivity contribution < 1.29 is 10.3 Å². The van der Waals surface area contributed by atoms with Gasteiger partial charge in [-0.2, -0.15) is 0 Å². The molecule has 0 aliphatic carbocycles. The number of hydrogen-bond donors (Lipinski definition) is 3. The molecule has 7 nitrogen and oxygen atoms in total. The van der Waals surface area contributed by atoms with Gasteiger partial charge in [0.2, 0.25) is 0 Å². The lowest BCUT2D eigenvalue weighted by Gasteiger charge is -2.01. The normalized spacial score (nSPS) is 10.6. The summed E-state index contributed by atoms with van der Waals surface area (Å²) in [4.78, 5) is 27.9. The van der Waals surface area contributed by atoms with Crippen LogP contribution in [0, 0.1) is 0 Å². The fourth-order valence-corrected chi connectivity index (χ4v) is 1.14. The minimum atomic E-state index is -0.854. The standard InChI is InChI=1S/C7H5N3O4/c11-3-1-4(12)10(14)6-5(3)7(13)9-2-8-6/h1-2,11,14H,(H,8,9,13). The maximum absolute atomic E-state index is 11.2. The van der Waals surface area contributed by atoms with Crippen molar-refractivity contribution in [3.05, 3.63) is 33.1 Å². The van der Waals surface area contributed by atoms with E-state index in [2.05, 4.69) is 9.97 Å². The van der Waals surface area contributed by atoms with E-state index in [-0.39, 0.29) is 15.8 Å². The van der Waals surface area contributed by atoms with Gasteiger partial charge >= 0.3 is 0 Å². The molecule has 7 heteroatoms. The van der Waals surface area contributed by atoms with Crippen molar-refractivity contribution in [2.75, 3.05) is 0 Å². The molecule has 0 aromatic carbocycles. The van der Waals surface area contributed by atoms with Gasteiger partial charge in [0.1, 0.15) is 11.1 Å². The third kappa shape index (κ3) is 0.954. The van der Waals surface area contributed by atoms with E-state index < -0.39 is 16.9 Å². The van der Waals surface area contributed by atoms with Crippen LogP contribution in [0.1, 0.15) is 0 Å². The smallest absolute Gasteiger partial charge is 0.288 e. The lowest BCUT2D eigenvalue weighted by Crippen LogP contribution is -2.20. The van der Waals surface area contributed by atoms with Crippen LogP contribution in [0.5, 0.6) is 5.75 Å². The zero-order valence-electron chi connectivity index (χ0n) is 6.76. The van der Waals surface area contributed by atoms with Gasteiger partial charge < -0.3 is 15.3 Å². The van der Waals surface area contributed by atoms with Gasteiger partial charge in [0.05, 0.1) is 6.33 Å². The summed E-state index contributed by atoms with van der Waals surface area (Å²) in [5.41, 5.74) is -1.76. The molecule has 0 bridgehead atoms. The Hall–Kier alpha value is -2.31. The summed E-state index contributed by atoms with van der Waals surface area (Å²) < 4.78 is 0.199. The van der Waals surface area contributed by atoms with Crippen LogP contribution in [0.3, 0.4) is 0 Å². The summed E-state index contributed by atoms with van der Waals surface area (Å²) >= 11 is 0. The van der Waals surface area contributed by atoms with E-state index in [0.29, 0.717) is 0 Å². The van der Waals surface area contributed by atoms with Crippen molar-refractivity contribution in [2.24, 2.45) is 0 Å². The van der Waals surface area contributed by atoms with Gasteiger partial charge in [0.25, 0.3) is 11.1 Å². The highest BCUT2D eigenvalue weighted by atomic mass is 16.5. The minimum Gasteiger partial charge on any atom is -0.507 e. The van der Waals surface area contributed by atoms with E-state index in [4.69, 9.17) is 0 Å². The molecule has 14 heavy (non-hydrogen) atoms. The molecule has 0 atom stereocenters. The van der Waals surface area contributed by atoms with E-state index in [1.165, 1.54) is 0 Å². The number of aromatic nitrogens is 3. The second-order valence-corrected chi connectivity index (χ2v) is 2.61. The Morgan fingerprint density at radius 2 is 2.14 bits per heavy atom. The Balaban J connectivity index is 3.18. The fourth-order valence-electron chi connectivity index (χ4n) is 1.14. The fraction of sp³-hybridized carbons (Fsp3) is 0. The highest BCUT2D eigenvalue weighted by Gasteiger charge is 2.11. The van der Waals surface area contributed by atoms with Crippen LogP contribution in [0.15, 0.2) is 22.0 Å². The van der Waals surface area contributed by atoms with E-state index in [0.717, 1.165) is 12.4 Å². The van der Waals surface area contributed by atoms with Crippen LogP contribution in [-0.4, -0.2) is 25.0 Å². The lowest BCUT2D eigenvalue weighted by molar-refractivity contribution is 0.186. The first-order valence-electron chi connectivity index (χ1n) is 3.63. The van der Waals surface area contributed by atoms with Gasteiger partial charge in [-0.15, -0.1) is 4.73 Å². The molecular formula is C7H5N3O4. The van der Waals surface area contributed by atoms with Crippen LogP contribution in [0.4, 0.5) is 0 Å². The second kappa shape index (κ2) is 2.59. The number of fused-ring (bicyclic) bond motifs is 1. The average molecular weight is 195 g/mol. The first kappa shape index (κ1) is 8.30. The summed E-state index contributed by atoms with van der Waals surface area (Å²) in [6, 6.07) is 0.735. The molecule has 0 unspecified atom stereocenters. The SMILES string of the molecule is O=c1[nH]cnc2c1c(O)cc(=O)n2O. The quantitative estimate of drug-likeness (QED) is 0.468. The molecule has 0 fully saturated rings. The molecule has 0 saturated carbocycles. The number of aromatic amines is 1. The average Bonchev–Trinajstić information content (AvgIpc) is 2.14.